The van der Waals surface area contributed by atoms with Gasteiger partial charge in [-0.15, -0.1) is 11.3 Å². The molecule has 0 fully saturated rings. The molecule has 14 heavy (non-hydrogen) atoms. The minimum absolute atomic E-state index is 0.425. The summed E-state index contributed by atoms with van der Waals surface area (Å²) in [7, 11) is 0. The van der Waals surface area contributed by atoms with Gasteiger partial charge in [0.2, 0.25) is 0 Å². The highest BCUT2D eigenvalue weighted by Gasteiger charge is 2.06. The number of rotatable bonds is 1. The van der Waals surface area contributed by atoms with Gasteiger partial charge in [0.05, 0.1) is 18.2 Å². The standard InChI is InChI=1S/C10H7BrN2S/c11-8-4-7-9(13)5-14-10(7)3-6(8)1-2-12/h3-5H,1,13H2. The van der Waals surface area contributed by atoms with Gasteiger partial charge in [0.15, 0.2) is 0 Å². The summed E-state index contributed by atoms with van der Waals surface area (Å²) in [6.45, 7) is 0. The highest BCUT2D eigenvalue weighted by Crippen LogP contribution is 2.32. The molecule has 0 aliphatic carbocycles. The molecule has 0 spiro atoms. The van der Waals surface area contributed by atoms with E-state index in [0.717, 1.165) is 25.8 Å². The van der Waals surface area contributed by atoms with Crippen LogP contribution in [-0.2, 0) is 6.42 Å². The molecule has 0 saturated heterocycles. The van der Waals surface area contributed by atoms with Gasteiger partial charge in [-0.1, -0.05) is 15.9 Å². The smallest absolute Gasteiger partial charge is 0.0670 e. The van der Waals surface area contributed by atoms with Crippen LogP contribution in [0.15, 0.2) is 22.0 Å². The van der Waals surface area contributed by atoms with Crippen molar-refractivity contribution in [3.8, 4) is 6.07 Å². The average molecular weight is 267 g/mol. The van der Waals surface area contributed by atoms with Crippen molar-refractivity contribution >= 4 is 43.0 Å². The number of fused-ring (bicyclic) bond motifs is 1. The molecule has 2 nitrogen and oxygen atoms in total. The third-order valence-corrected chi connectivity index (χ3v) is 3.74. The molecule has 0 unspecified atom stereocenters. The number of halogens is 1. The summed E-state index contributed by atoms with van der Waals surface area (Å²) in [4.78, 5) is 0. The van der Waals surface area contributed by atoms with E-state index < -0.39 is 0 Å². The van der Waals surface area contributed by atoms with Crippen molar-refractivity contribution in [2.24, 2.45) is 0 Å². The number of nitrogens with two attached hydrogens (primary N) is 1. The lowest BCUT2D eigenvalue weighted by Gasteiger charge is -2.00. The van der Waals surface area contributed by atoms with Crippen molar-refractivity contribution in [1.82, 2.24) is 0 Å². The van der Waals surface area contributed by atoms with Gasteiger partial charge in [0.25, 0.3) is 0 Å². The molecule has 0 radical (unpaired) electrons. The fraction of sp³-hybridized carbons (Fsp3) is 0.100. The third kappa shape index (κ3) is 1.49. The van der Waals surface area contributed by atoms with Gasteiger partial charge in [-0.2, -0.15) is 5.26 Å². The maximum atomic E-state index is 8.63. The second-order valence-electron chi connectivity index (χ2n) is 2.97. The number of nitrogen functional groups attached to an aromatic ring is 1. The SMILES string of the molecule is N#CCc1cc2scc(N)c2cc1Br. The Kier molecular flexibility index (Phi) is 2.44. The molecule has 0 bridgehead atoms. The predicted molar refractivity (Wildman–Crippen MR) is 63.3 cm³/mol. The maximum absolute atomic E-state index is 8.63. The first-order chi connectivity index (χ1) is 6.72. The van der Waals surface area contributed by atoms with Crippen molar-refractivity contribution in [1.29, 1.82) is 5.26 Å². The number of anilines is 1. The monoisotopic (exact) mass is 266 g/mol. The molecule has 0 amide bonds. The van der Waals surface area contributed by atoms with E-state index in [1.54, 1.807) is 11.3 Å². The summed E-state index contributed by atoms with van der Waals surface area (Å²) in [5, 5.41) is 11.6. The van der Waals surface area contributed by atoms with Gasteiger partial charge in [0, 0.05) is 19.9 Å². The zero-order chi connectivity index (χ0) is 10.1. The highest BCUT2D eigenvalue weighted by atomic mass is 79.9. The minimum Gasteiger partial charge on any atom is -0.398 e. The molecular formula is C10H7BrN2S. The molecule has 2 aromatic rings. The molecule has 70 valence electrons. The van der Waals surface area contributed by atoms with Crippen molar-refractivity contribution in [3.05, 3.63) is 27.5 Å². The Labute approximate surface area is 94.1 Å². The van der Waals surface area contributed by atoms with Crippen LogP contribution < -0.4 is 5.73 Å². The molecule has 0 atom stereocenters. The molecule has 0 aliphatic heterocycles. The predicted octanol–water partition coefficient (Wildman–Crippen LogP) is 3.31. The van der Waals surface area contributed by atoms with Gasteiger partial charge >= 0.3 is 0 Å². The first-order valence-electron chi connectivity index (χ1n) is 4.04. The van der Waals surface area contributed by atoms with E-state index in [4.69, 9.17) is 11.0 Å². The number of hydrogen-bond donors (Lipinski definition) is 1. The van der Waals surface area contributed by atoms with Crippen LogP contribution in [0.3, 0.4) is 0 Å². The van der Waals surface area contributed by atoms with Crippen molar-refractivity contribution in [2.45, 2.75) is 6.42 Å². The van der Waals surface area contributed by atoms with E-state index >= 15 is 0 Å². The third-order valence-electron chi connectivity index (χ3n) is 2.04. The van der Waals surface area contributed by atoms with Gasteiger partial charge in [0.1, 0.15) is 0 Å². The fourth-order valence-corrected chi connectivity index (χ4v) is 2.71. The van der Waals surface area contributed by atoms with Crippen LogP contribution in [-0.4, -0.2) is 0 Å². The fourth-order valence-electron chi connectivity index (χ4n) is 1.33. The van der Waals surface area contributed by atoms with Crippen LogP contribution in [0, 0.1) is 11.3 Å². The zero-order valence-electron chi connectivity index (χ0n) is 7.25. The lowest BCUT2D eigenvalue weighted by atomic mass is 10.1. The van der Waals surface area contributed by atoms with Crippen LogP contribution in [0.25, 0.3) is 10.1 Å². The summed E-state index contributed by atoms with van der Waals surface area (Å²) in [6, 6.07) is 6.14. The van der Waals surface area contributed by atoms with Crippen LogP contribution in [0.2, 0.25) is 0 Å². The van der Waals surface area contributed by atoms with E-state index in [2.05, 4.69) is 22.0 Å². The van der Waals surface area contributed by atoms with Crippen LogP contribution in [0.4, 0.5) is 5.69 Å². The summed E-state index contributed by atoms with van der Waals surface area (Å²) in [5.41, 5.74) is 7.61. The Morgan fingerprint density at radius 1 is 1.50 bits per heavy atom. The molecule has 0 saturated carbocycles. The lowest BCUT2D eigenvalue weighted by Crippen LogP contribution is -1.85. The van der Waals surface area contributed by atoms with Crippen LogP contribution >= 0.6 is 27.3 Å². The van der Waals surface area contributed by atoms with E-state index in [9.17, 15) is 0 Å². The van der Waals surface area contributed by atoms with Gasteiger partial charge in [-0.3, -0.25) is 0 Å². The number of nitriles is 1. The zero-order valence-corrected chi connectivity index (χ0v) is 9.65. The van der Waals surface area contributed by atoms with Gasteiger partial charge < -0.3 is 5.73 Å². The van der Waals surface area contributed by atoms with Crippen molar-refractivity contribution in [3.63, 3.8) is 0 Å². The molecular weight excluding hydrogens is 260 g/mol. The minimum atomic E-state index is 0.425. The van der Waals surface area contributed by atoms with Crippen LogP contribution in [0.5, 0.6) is 0 Å². The topological polar surface area (TPSA) is 49.8 Å². The second kappa shape index (κ2) is 3.60. The van der Waals surface area contributed by atoms with Gasteiger partial charge in [-0.05, 0) is 17.7 Å². The number of nitrogens with zero attached hydrogens (tertiary/aromatic N) is 1. The molecule has 0 aliphatic rings. The molecule has 1 aromatic heterocycles. The lowest BCUT2D eigenvalue weighted by molar-refractivity contribution is 1.26. The van der Waals surface area contributed by atoms with Crippen molar-refractivity contribution in [2.75, 3.05) is 5.73 Å². The molecule has 2 N–H and O–H groups in total. The van der Waals surface area contributed by atoms with Crippen LogP contribution in [0.1, 0.15) is 5.56 Å². The number of hydrogen-bond acceptors (Lipinski definition) is 3. The second-order valence-corrected chi connectivity index (χ2v) is 4.73. The quantitative estimate of drug-likeness (QED) is 0.861. The maximum Gasteiger partial charge on any atom is 0.0670 e. The van der Waals surface area contributed by atoms with E-state index in [1.165, 1.54) is 0 Å². The number of benzene rings is 1. The largest absolute Gasteiger partial charge is 0.398 e. The first kappa shape index (κ1) is 9.50. The molecule has 4 heteroatoms. The van der Waals surface area contributed by atoms with Gasteiger partial charge in [-0.25, -0.2) is 0 Å². The molecule has 1 heterocycles. The van der Waals surface area contributed by atoms with E-state index in [-0.39, 0.29) is 0 Å². The average Bonchev–Trinajstić information content (AvgIpc) is 2.50. The Balaban J connectivity index is 2.67. The summed E-state index contributed by atoms with van der Waals surface area (Å²) < 4.78 is 2.09. The highest BCUT2D eigenvalue weighted by molar-refractivity contribution is 9.10. The Hall–Kier alpha value is -1.05. The number of thiophene rings is 1. The molecule has 1 aromatic carbocycles. The van der Waals surface area contributed by atoms with E-state index in [1.807, 2.05) is 17.5 Å². The Bertz CT molecular complexity index is 525. The Morgan fingerprint density at radius 3 is 3.00 bits per heavy atom. The Morgan fingerprint density at radius 2 is 2.29 bits per heavy atom. The summed E-state index contributed by atoms with van der Waals surface area (Å²) >= 11 is 5.04. The normalized spacial score (nSPS) is 10.3. The molecule has 2 rings (SSSR count). The summed E-state index contributed by atoms with van der Waals surface area (Å²) in [6.07, 6.45) is 0.425. The van der Waals surface area contributed by atoms with E-state index in [0.29, 0.717) is 6.42 Å². The van der Waals surface area contributed by atoms with Crippen molar-refractivity contribution < 1.29 is 0 Å². The first-order valence-corrected chi connectivity index (χ1v) is 5.71. The summed E-state index contributed by atoms with van der Waals surface area (Å²) in [5.74, 6) is 0.